The topological polar surface area (TPSA) is 32.3 Å². The Bertz CT molecular complexity index is 469. The highest BCUT2D eigenvalue weighted by atomic mass is 32.2. The molecule has 2 atom stereocenters. The largest absolute Gasteiger partial charge is 0.311 e. The molecule has 2 heterocycles. The normalized spacial score (nSPS) is 34.7. The SMILES string of the molecule is CC1CNC(Cc2ccccc2)CN1C1CCS(=O)CC1. The second-order valence-electron chi connectivity index (χ2n) is 6.42. The molecule has 0 aliphatic carbocycles. The van der Waals surface area contributed by atoms with Gasteiger partial charge in [0.2, 0.25) is 0 Å². The average Bonchev–Trinajstić information content (AvgIpc) is 2.51. The maximum atomic E-state index is 11.6. The minimum atomic E-state index is -0.559. The van der Waals surface area contributed by atoms with E-state index in [0.717, 1.165) is 43.9 Å². The molecule has 0 amide bonds. The highest BCUT2D eigenvalue weighted by Crippen LogP contribution is 2.21. The highest BCUT2D eigenvalue weighted by Gasteiger charge is 2.32. The number of hydrogen-bond acceptors (Lipinski definition) is 3. The molecule has 4 heteroatoms. The molecule has 1 aromatic carbocycles. The predicted molar refractivity (Wildman–Crippen MR) is 89.0 cm³/mol. The molecule has 3 rings (SSSR count). The Morgan fingerprint density at radius 2 is 1.95 bits per heavy atom. The second-order valence-corrected chi connectivity index (χ2v) is 8.12. The molecule has 0 bridgehead atoms. The summed E-state index contributed by atoms with van der Waals surface area (Å²) in [6, 6.07) is 12.5. The highest BCUT2D eigenvalue weighted by molar-refractivity contribution is 7.85. The predicted octanol–water partition coefficient (Wildman–Crippen LogP) is 1.80. The van der Waals surface area contributed by atoms with Crippen LogP contribution in [0.5, 0.6) is 0 Å². The minimum Gasteiger partial charge on any atom is -0.311 e. The monoisotopic (exact) mass is 306 g/mol. The van der Waals surface area contributed by atoms with Gasteiger partial charge in [-0.25, -0.2) is 0 Å². The van der Waals surface area contributed by atoms with Crippen molar-refractivity contribution in [1.82, 2.24) is 10.2 Å². The zero-order chi connectivity index (χ0) is 14.7. The third-order valence-electron chi connectivity index (χ3n) is 4.85. The van der Waals surface area contributed by atoms with Gasteiger partial charge in [0.05, 0.1) is 0 Å². The van der Waals surface area contributed by atoms with Crippen molar-refractivity contribution < 1.29 is 4.21 Å². The summed E-state index contributed by atoms with van der Waals surface area (Å²) in [7, 11) is -0.559. The Labute approximate surface area is 130 Å². The van der Waals surface area contributed by atoms with Crippen LogP contribution >= 0.6 is 0 Å². The molecule has 2 aliphatic rings. The lowest BCUT2D eigenvalue weighted by Gasteiger charge is -2.44. The summed E-state index contributed by atoms with van der Waals surface area (Å²) in [4.78, 5) is 2.67. The Balaban J connectivity index is 1.60. The number of nitrogens with zero attached hydrogens (tertiary/aromatic N) is 1. The first-order valence-corrected chi connectivity index (χ1v) is 9.59. The molecule has 0 saturated carbocycles. The molecule has 2 unspecified atom stereocenters. The van der Waals surface area contributed by atoms with Crippen molar-refractivity contribution in [3.8, 4) is 0 Å². The quantitative estimate of drug-likeness (QED) is 0.924. The van der Waals surface area contributed by atoms with Crippen molar-refractivity contribution in [2.45, 2.75) is 44.3 Å². The van der Waals surface area contributed by atoms with Gasteiger partial charge in [-0.1, -0.05) is 30.3 Å². The van der Waals surface area contributed by atoms with Gasteiger partial charge in [-0.2, -0.15) is 0 Å². The molecule has 2 fully saturated rings. The van der Waals surface area contributed by atoms with E-state index in [1.807, 2.05) is 0 Å². The lowest BCUT2D eigenvalue weighted by atomic mass is 9.98. The van der Waals surface area contributed by atoms with Crippen molar-refractivity contribution in [1.29, 1.82) is 0 Å². The van der Waals surface area contributed by atoms with Crippen molar-refractivity contribution in [3.63, 3.8) is 0 Å². The Morgan fingerprint density at radius 3 is 2.67 bits per heavy atom. The third kappa shape index (κ3) is 3.93. The Kier molecular flexibility index (Phi) is 5.09. The molecule has 1 aromatic rings. The molecule has 0 radical (unpaired) electrons. The summed E-state index contributed by atoms with van der Waals surface area (Å²) in [5.74, 6) is 1.79. The lowest BCUT2D eigenvalue weighted by molar-refractivity contribution is 0.0851. The van der Waals surface area contributed by atoms with E-state index in [0.29, 0.717) is 18.1 Å². The summed E-state index contributed by atoms with van der Waals surface area (Å²) in [6.45, 7) is 4.50. The Hall–Kier alpha value is -0.710. The molecule has 3 nitrogen and oxygen atoms in total. The lowest BCUT2D eigenvalue weighted by Crippen LogP contribution is -2.59. The van der Waals surface area contributed by atoms with Gasteiger partial charge in [0.25, 0.3) is 0 Å². The van der Waals surface area contributed by atoms with E-state index < -0.39 is 10.8 Å². The van der Waals surface area contributed by atoms with Gasteiger partial charge in [0.1, 0.15) is 0 Å². The maximum Gasteiger partial charge on any atom is 0.0249 e. The summed E-state index contributed by atoms with van der Waals surface area (Å²) in [5, 5.41) is 3.69. The maximum absolute atomic E-state index is 11.6. The van der Waals surface area contributed by atoms with Gasteiger partial charge in [-0.05, 0) is 31.7 Å². The Morgan fingerprint density at radius 1 is 1.24 bits per heavy atom. The van der Waals surface area contributed by atoms with E-state index in [2.05, 4.69) is 47.5 Å². The van der Waals surface area contributed by atoms with Crippen LogP contribution in [0.1, 0.15) is 25.3 Å². The van der Waals surface area contributed by atoms with Crippen molar-refractivity contribution >= 4 is 10.8 Å². The fraction of sp³-hybridized carbons (Fsp3) is 0.647. The van der Waals surface area contributed by atoms with Crippen molar-refractivity contribution in [2.24, 2.45) is 0 Å². The minimum absolute atomic E-state index is 0.538. The first-order chi connectivity index (χ1) is 10.2. The van der Waals surface area contributed by atoms with Gasteiger partial charge in [-0.15, -0.1) is 0 Å². The molecule has 2 aliphatic heterocycles. The fourth-order valence-corrected chi connectivity index (χ4v) is 4.88. The molecular weight excluding hydrogens is 280 g/mol. The molecule has 21 heavy (non-hydrogen) atoms. The molecule has 2 saturated heterocycles. The number of hydrogen-bond donors (Lipinski definition) is 1. The standard InChI is InChI=1S/C17H26N2OS/c1-14-12-18-16(11-15-5-3-2-4-6-15)13-19(14)17-7-9-21(20)10-8-17/h2-6,14,16-18H,7-13H2,1H3. The van der Waals surface area contributed by atoms with E-state index in [1.54, 1.807) is 0 Å². The van der Waals surface area contributed by atoms with E-state index in [9.17, 15) is 4.21 Å². The van der Waals surface area contributed by atoms with E-state index >= 15 is 0 Å². The zero-order valence-electron chi connectivity index (χ0n) is 12.8. The van der Waals surface area contributed by atoms with Crippen LogP contribution in [0.4, 0.5) is 0 Å². The van der Waals surface area contributed by atoms with E-state index in [-0.39, 0.29) is 0 Å². The average molecular weight is 306 g/mol. The molecule has 0 aromatic heterocycles. The van der Waals surface area contributed by atoms with Gasteiger partial charge in [0.15, 0.2) is 0 Å². The summed E-state index contributed by atoms with van der Waals surface area (Å²) < 4.78 is 11.6. The molecule has 1 N–H and O–H groups in total. The molecule has 0 spiro atoms. The number of benzene rings is 1. The second kappa shape index (κ2) is 7.03. The smallest absolute Gasteiger partial charge is 0.0249 e. The van der Waals surface area contributed by atoms with Crippen LogP contribution in [0, 0.1) is 0 Å². The van der Waals surface area contributed by atoms with Crippen molar-refractivity contribution in [2.75, 3.05) is 24.6 Å². The van der Waals surface area contributed by atoms with E-state index in [4.69, 9.17) is 0 Å². The van der Waals surface area contributed by atoms with Gasteiger partial charge in [-0.3, -0.25) is 9.11 Å². The van der Waals surface area contributed by atoms with Crippen LogP contribution in [0.2, 0.25) is 0 Å². The number of rotatable bonds is 3. The van der Waals surface area contributed by atoms with Crippen LogP contribution in [0.15, 0.2) is 30.3 Å². The van der Waals surface area contributed by atoms with Crippen LogP contribution in [-0.4, -0.2) is 51.8 Å². The molecular formula is C17H26N2OS. The first-order valence-electron chi connectivity index (χ1n) is 8.10. The summed E-state index contributed by atoms with van der Waals surface area (Å²) >= 11 is 0. The molecule has 116 valence electrons. The summed E-state index contributed by atoms with van der Waals surface area (Å²) in [5.41, 5.74) is 1.41. The van der Waals surface area contributed by atoms with Crippen LogP contribution in [0.3, 0.4) is 0 Å². The number of piperazine rings is 1. The van der Waals surface area contributed by atoms with Crippen molar-refractivity contribution in [3.05, 3.63) is 35.9 Å². The third-order valence-corrected chi connectivity index (χ3v) is 6.23. The first kappa shape index (κ1) is 15.2. The number of nitrogens with one attached hydrogen (secondary N) is 1. The zero-order valence-corrected chi connectivity index (χ0v) is 13.6. The van der Waals surface area contributed by atoms with E-state index in [1.165, 1.54) is 5.56 Å². The van der Waals surface area contributed by atoms with Crippen LogP contribution in [0.25, 0.3) is 0 Å². The van der Waals surface area contributed by atoms with Gasteiger partial charge < -0.3 is 5.32 Å². The fourth-order valence-electron chi connectivity index (χ4n) is 3.61. The van der Waals surface area contributed by atoms with Gasteiger partial charge in [0, 0.05) is 53.5 Å². The van der Waals surface area contributed by atoms with Crippen LogP contribution < -0.4 is 5.32 Å². The summed E-state index contributed by atoms with van der Waals surface area (Å²) in [6.07, 6.45) is 3.31. The van der Waals surface area contributed by atoms with Gasteiger partial charge >= 0.3 is 0 Å². The van der Waals surface area contributed by atoms with Crippen LogP contribution in [-0.2, 0) is 17.2 Å².